The van der Waals surface area contributed by atoms with Crippen LogP contribution < -0.4 is 11.1 Å². The van der Waals surface area contributed by atoms with E-state index in [1.807, 2.05) is 0 Å². The van der Waals surface area contributed by atoms with Gasteiger partial charge in [-0.2, -0.15) is 0 Å². The number of carbonyl (C=O) groups excluding carboxylic acids is 1. The lowest BCUT2D eigenvalue weighted by molar-refractivity contribution is 0.0963. The highest BCUT2D eigenvalue weighted by Gasteiger charge is 2.23. The quantitative estimate of drug-likeness (QED) is 0.520. The lowest BCUT2D eigenvalue weighted by atomic mass is 10.1. The number of guanidine groups is 1. The van der Waals surface area contributed by atoms with Gasteiger partial charge in [-0.3, -0.25) is 4.99 Å². The first-order valence-electron chi connectivity index (χ1n) is 7.56. The van der Waals surface area contributed by atoms with Crippen molar-refractivity contribution in [3.05, 3.63) is 0 Å². The molecular formula is C13H26N4O4S. The van der Waals surface area contributed by atoms with Crippen LogP contribution in [0.1, 0.15) is 26.7 Å². The Morgan fingerprint density at radius 3 is 2.55 bits per heavy atom. The monoisotopic (exact) mass is 334 g/mol. The Morgan fingerprint density at radius 2 is 2.00 bits per heavy atom. The fourth-order valence-corrected chi connectivity index (χ4v) is 2.78. The molecule has 1 aliphatic rings. The summed E-state index contributed by atoms with van der Waals surface area (Å²) in [5, 5.41) is 3.07. The molecule has 0 aromatic carbocycles. The van der Waals surface area contributed by atoms with Gasteiger partial charge < -0.3 is 20.7 Å². The van der Waals surface area contributed by atoms with E-state index in [1.165, 1.54) is 0 Å². The third-order valence-electron chi connectivity index (χ3n) is 3.50. The molecule has 1 saturated heterocycles. The predicted molar refractivity (Wildman–Crippen MR) is 85.6 cm³/mol. The fraction of sp³-hybridized carbons (Fsp3) is 0.846. The van der Waals surface area contributed by atoms with Crippen LogP contribution in [-0.4, -0.2) is 69.2 Å². The van der Waals surface area contributed by atoms with Gasteiger partial charge in [0, 0.05) is 24.9 Å². The third-order valence-corrected chi connectivity index (χ3v) is 5.18. The van der Waals surface area contributed by atoms with Crippen molar-refractivity contribution in [2.75, 3.05) is 37.7 Å². The molecule has 0 unspecified atom stereocenters. The molecule has 0 bridgehead atoms. The van der Waals surface area contributed by atoms with Crippen LogP contribution in [0.4, 0.5) is 4.79 Å². The number of ether oxygens (including phenoxy) is 1. The van der Waals surface area contributed by atoms with Gasteiger partial charge in [0.25, 0.3) is 0 Å². The Balaban J connectivity index is 2.32. The standard InChI is InChI=1S/C13H26N4O4S/c1-3-21-13(18)17-8-5-11(6-9-17)16-12(14)15-7-10-22(19,20)4-2/h11H,3-10H2,1-2H3,(H3,14,15,16). The van der Waals surface area contributed by atoms with Crippen molar-refractivity contribution in [3.8, 4) is 0 Å². The second-order valence-corrected chi connectivity index (χ2v) is 7.58. The molecular weight excluding hydrogens is 308 g/mol. The Morgan fingerprint density at radius 1 is 1.36 bits per heavy atom. The number of likely N-dealkylation sites (tertiary alicyclic amines) is 1. The highest BCUT2D eigenvalue weighted by molar-refractivity contribution is 7.91. The molecule has 0 aromatic heterocycles. The van der Waals surface area contributed by atoms with Crippen molar-refractivity contribution >= 4 is 21.9 Å². The summed E-state index contributed by atoms with van der Waals surface area (Å²) in [6.07, 6.45) is 1.22. The van der Waals surface area contributed by atoms with Crippen LogP contribution in [-0.2, 0) is 14.6 Å². The predicted octanol–water partition coefficient (Wildman–Crippen LogP) is -0.0537. The number of piperidine rings is 1. The number of aliphatic imine (C=N–C) groups is 1. The molecule has 1 heterocycles. The van der Waals surface area contributed by atoms with Crippen LogP contribution in [0.15, 0.2) is 4.99 Å². The van der Waals surface area contributed by atoms with Crippen LogP contribution in [0.2, 0.25) is 0 Å². The molecule has 0 aliphatic carbocycles. The van der Waals surface area contributed by atoms with Crippen molar-refractivity contribution in [1.29, 1.82) is 0 Å². The molecule has 1 aliphatic heterocycles. The minimum atomic E-state index is -3.02. The summed E-state index contributed by atoms with van der Waals surface area (Å²) in [5.74, 6) is 0.371. The van der Waals surface area contributed by atoms with Crippen LogP contribution in [0.5, 0.6) is 0 Å². The second kappa shape index (κ2) is 8.82. The number of rotatable bonds is 6. The van der Waals surface area contributed by atoms with Gasteiger partial charge >= 0.3 is 6.09 Å². The maximum Gasteiger partial charge on any atom is 0.409 e. The van der Waals surface area contributed by atoms with E-state index in [9.17, 15) is 13.2 Å². The first-order chi connectivity index (χ1) is 10.4. The molecule has 1 fully saturated rings. The van der Waals surface area contributed by atoms with Gasteiger partial charge in [0.1, 0.15) is 0 Å². The first kappa shape index (κ1) is 18.5. The van der Waals surface area contributed by atoms with Gasteiger partial charge in [-0.1, -0.05) is 6.92 Å². The number of carbonyl (C=O) groups is 1. The Kier molecular flexibility index (Phi) is 7.43. The van der Waals surface area contributed by atoms with E-state index in [0.717, 1.165) is 12.8 Å². The van der Waals surface area contributed by atoms with E-state index >= 15 is 0 Å². The zero-order chi connectivity index (χ0) is 16.6. The fourth-order valence-electron chi connectivity index (χ4n) is 2.13. The average molecular weight is 334 g/mol. The lowest BCUT2D eigenvalue weighted by Gasteiger charge is -2.31. The van der Waals surface area contributed by atoms with Crippen molar-refractivity contribution in [3.63, 3.8) is 0 Å². The van der Waals surface area contributed by atoms with Crippen LogP contribution in [0.25, 0.3) is 0 Å². The number of sulfone groups is 1. The summed E-state index contributed by atoms with van der Waals surface area (Å²) in [6, 6.07) is 0.136. The van der Waals surface area contributed by atoms with E-state index in [2.05, 4.69) is 10.3 Å². The normalized spacial score (nSPS) is 17.4. The largest absolute Gasteiger partial charge is 0.450 e. The molecule has 0 radical (unpaired) electrons. The van der Waals surface area contributed by atoms with Crippen LogP contribution in [0, 0.1) is 0 Å². The maximum atomic E-state index is 11.6. The Hall–Kier alpha value is -1.51. The Bertz CT molecular complexity index is 484. The zero-order valence-corrected chi connectivity index (χ0v) is 14.1. The van der Waals surface area contributed by atoms with Crippen LogP contribution >= 0.6 is 0 Å². The third kappa shape index (κ3) is 6.50. The molecule has 128 valence electrons. The number of nitrogens with two attached hydrogens (primary N) is 1. The molecule has 0 saturated carbocycles. The molecule has 0 aromatic rings. The molecule has 8 nitrogen and oxygen atoms in total. The molecule has 0 spiro atoms. The minimum Gasteiger partial charge on any atom is -0.450 e. The van der Waals surface area contributed by atoms with E-state index in [-0.39, 0.29) is 36.1 Å². The first-order valence-corrected chi connectivity index (χ1v) is 9.38. The molecule has 0 atom stereocenters. The summed E-state index contributed by atoms with van der Waals surface area (Å²) in [6.45, 7) is 5.13. The molecule has 3 N–H and O–H groups in total. The highest BCUT2D eigenvalue weighted by atomic mass is 32.2. The molecule has 9 heteroatoms. The second-order valence-electron chi connectivity index (χ2n) is 5.11. The van der Waals surface area contributed by atoms with Gasteiger partial charge in [0.2, 0.25) is 0 Å². The number of hydrogen-bond acceptors (Lipinski definition) is 5. The Labute approximate surface area is 132 Å². The van der Waals surface area contributed by atoms with E-state index < -0.39 is 9.84 Å². The SMILES string of the molecule is CCOC(=O)N1CCC(NC(N)=NCCS(=O)(=O)CC)CC1. The van der Waals surface area contributed by atoms with E-state index in [1.54, 1.807) is 18.7 Å². The van der Waals surface area contributed by atoms with Crippen molar-refractivity contribution in [1.82, 2.24) is 10.2 Å². The molecule has 22 heavy (non-hydrogen) atoms. The number of nitrogens with one attached hydrogen (secondary N) is 1. The summed E-state index contributed by atoms with van der Waals surface area (Å²) in [7, 11) is -3.02. The molecule has 1 amide bonds. The summed E-state index contributed by atoms with van der Waals surface area (Å²) in [4.78, 5) is 17.3. The van der Waals surface area contributed by atoms with Gasteiger partial charge in [0.15, 0.2) is 15.8 Å². The smallest absolute Gasteiger partial charge is 0.409 e. The average Bonchev–Trinajstić information content (AvgIpc) is 2.48. The van der Waals surface area contributed by atoms with E-state index in [4.69, 9.17) is 10.5 Å². The lowest BCUT2D eigenvalue weighted by Crippen LogP contribution is -2.48. The van der Waals surface area contributed by atoms with Gasteiger partial charge in [-0.15, -0.1) is 0 Å². The van der Waals surface area contributed by atoms with E-state index in [0.29, 0.717) is 19.7 Å². The number of amides is 1. The van der Waals surface area contributed by atoms with Crippen molar-refractivity contribution in [2.24, 2.45) is 10.7 Å². The highest BCUT2D eigenvalue weighted by Crippen LogP contribution is 2.11. The van der Waals surface area contributed by atoms with Crippen LogP contribution in [0.3, 0.4) is 0 Å². The topological polar surface area (TPSA) is 114 Å². The zero-order valence-electron chi connectivity index (χ0n) is 13.2. The van der Waals surface area contributed by atoms with Crippen molar-refractivity contribution < 1.29 is 17.9 Å². The summed E-state index contributed by atoms with van der Waals surface area (Å²) < 4.78 is 27.6. The van der Waals surface area contributed by atoms with Crippen molar-refractivity contribution in [2.45, 2.75) is 32.7 Å². The van der Waals surface area contributed by atoms with Gasteiger partial charge in [-0.05, 0) is 19.8 Å². The number of nitrogens with zero attached hydrogens (tertiary/aromatic N) is 2. The van der Waals surface area contributed by atoms with Gasteiger partial charge in [-0.25, -0.2) is 13.2 Å². The summed E-state index contributed by atoms with van der Waals surface area (Å²) >= 11 is 0. The van der Waals surface area contributed by atoms with Gasteiger partial charge in [0.05, 0.1) is 18.9 Å². The maximum absolute atomic E-state index is 11.6. The summed E-state index contributed by atoms with van der Waals surface area (Å²) in [5.41, 5.74) is 5.76. The minimum absolute atomic E-state index is 0.00713. The number of hydrogen-bond donors (Lipinski definition) is 2. The molecule has 1 rings (SSSR count).